The van der Waals surface area contributed by atoms with Gasteiger partial charge in [-0.1, -0.05) is 97.1 Å². The number of nitrogens with zero attached hydrogens (tertiary/aromatic N) is 2. The number of hydrogen-bond acceptors (Lipinski definition) is 2. The van der Waals surface area contributed by atoms with Crippen molar-refractivity contribution in [1.82, 2.24) is 4.57 Å². The van der Waals surface area contributed by atoms with Gasteiger partial charge in [-0.2, -0.15) is 0 Å². The van der Waals surface area contributed by atoms with E-state index in [1.54, 1.807) is 0 Å². The highest BCUT2D eigenvalue weighted by atomic mass is 15.0. The number of hydrogen-bond donors (Lipinski definition) is 2. The first kappa shape index (κ1) is 20.2. The summed E-state index contributed by atoms with van der Waals surface area (Å²) >= 11 is 0. The second kappa shape index (κ2) is 9.18. The third-order valence-electron chi connectivity index (χ3n) is 5.27. The fourth-order valence-electron chi connectivity index (χ4n) is 3.99. The standard InChI is InChI=1S/C25H19N.C2H5N3/c1-3-11-19(12-4-1)25(20-13-5-2-6-14-20)26-23-17-9-7-15-21(23)22-16-8-10-18-24(22)26;1-2(3)5-4/h1-18,25H;3-4H,1H3. The van der Waals surface area contributed by atoms with Crippen molar-refractivity contribution in [2.24, 2.45) is 5.11 Å². The van der Waals surface area contributed by atoms with Crippen LogP contribution in [0, 0.1) is 10.9 Å². The Morgan fingerprint density at radius 1 is 0.645 bits per heavy atom. The third-order valence-corrected chi connectivity index (χ3v) is 5.27. The summed E-state index contributed by atoms with van der Waals surface area (Å²) in [5.74, 6) is 0.0463. The Labute approximate surface area is 181 Å². The van der Waals surface area contributed by atoms with Crippen LogP contribution in [0.15, 0.2) is 114 Å². The van der Waals surface area contributed by atoms with Gasteiger partial charge in [0.15, 0.2) is 0 Å². The molecular weight excluding hydrogens is 380 g/mol. The van der Waals surface area contributed by atoms with Gasteiger partial charge in [0, 0.05) is 21.8 Å². The van der Waals surface area contributed by atoms with E-state index in [1.165, 1.54) is 39.9 Å². The maximum absolute atomic E-state index is 6.39. The highest BCUT2D eigenvalue weighted by molar-refractivity contribution is 6.08. The highest BCUT2D eigenvalue weighted by Crippen LogP contribution is 2.37. The Balaban J connectivity index is 0.000000418. The lowest BCUT2D eigenvalue weighted by atomic mass is 9.98. The maximum Gasteiger partial charge on any atom is 0.139 e. The second-order valence-corrected chi connectivity index (χ2v) is 7.33. The number of benzene rings is 4. The highest BCUT2D eigenvalue weighted by Gasteiger charge is 2.21. The van der Waals surface area contributed by atoms with Gasteiger partial charge < -0.3 is 4.57 Å². The molecule has 0 amide bonds. The fraction of sp³-hybridized carbons (Fsp3) is 0.0741. The molecule has 0 aliphatic carbocycles. The van der Waals surface area contributed by atoms with Crippen molar-refractivity contribution in [3.05, 3.63) is 120 Å². The lowest BCUT2D eigenvalue weighted by molar-refractivity contribution is 0.728. The number of rotatable bonds is 3. The Morgan fingerprint density at radius 3 is 1.39 bits per heavy atom. The van der Waals surface area contributed by atoms with Crippen molar-refractivity contribution in [2.45, 2.75) is 13.0 Å². The molecule has 0 saturated carbocycles. The van der Waals surface area contributed by atoms with Gasteiger partial charge in [0.2, 0.25) is 0 Å². The molecule has 0 aliphatic rings. The van der Waals surface area contributed by atoms with E-state index in [1.807, 2.05) is 0 Å². The summed E-state index contributed by atoms with van der Waals surface area (Å²) in [5, 5.41) is 11.7. The number of fused-ring (bicyclic) bond motifs is 3. The molecule has 0 atom stereocenters. The lowest BCUT2D eigenvalue weighted by Crippen LogP contribution is -2.12. The van der Waals surface area contributed by atoms with Gasteiger partial charge in [-0.05, 0) is 30.2 Å². The van der Waals surface area contributed by atoms with Crippen LogP contribution in [0.5, 0.6) is 0 Å². The van der Waals surface area contributed by atoms with Crippen LogP contribution >= 0.6 is 0 Å². The summed E-state index contributed by atoms with van der Waals surface area (Å²) in [4.78, 5) is 0. The Kier molecular flexibility index (Phi) is 5.99. The SMILES string of the molecule is CC(=N)N=N.c1ccc(C(c2ccccc2)n2c3ccccc3c3ccccc32)cc1. The molecule has 0 spiro atoms. The smallest absolute Gasteiger partial charge is 0.139 e. The van der Waals surface area contributed by atoms with Crippen LogP contribution in [-0.2, 0) is 0 Å². The van der Waals surface area contributed by atoms with Gasteiger partial charge in [0.25, 0.3) is 0 Å². The van der Waals surface area contributed by atoms with E-state index in [0.717, 1.165) is 0 Å². The summed E-state index contributed by atoms with van der Waals surface area (Å²) in [7, 11) is 0. The molecule has 0 radical (unpaired) electrons. The van der Waals surface area contributed by atoms with Crippen molar-refractivity contribution < 1.29 is 0 Å². The summed E-state index contributed by atoms with van der Waals surface area (Å²) < 4.78 is 2.48. The Morgan fingerprint density at radius 2 is 1.00 bits per heavy atom. The van der Waals surface area contributed by atoms with Crippen molar-refractivity contribution >= 4 is 27.6 Å². The van der Waals surface area contributed by atoms with Gasteiger partial charge >= 0.3 is 0 Å². The minimum atomic E-state index is 0.0463. The van der Waals surface area contributed by atoms with Crippen molar-refractivity contribution in [3.63, 3.8) is 0 Å². The number of nitrogens with one attached hydrogen (secondary N) is 2. The van der Waals surface area contributed by atoms with E-state index in [9.17, 15) is 0 Å². The van der Waals surface area contributed by atoms with Gasteiger partial charge in [0.1, 0.15) is 5.84 Å². The maximum atomic E-state index is 6.39. The van der Waals surface area contributed by atoms with Gasteiger partial charge in [-0.25, -0.2) is 5.53 Å². The van der Waals surface area contributed by atoms with E-state index >= 15 is 0 Å². The molecule has 31 heavy (non-hydrogen) atoms. The molecule has 0 saturated heterocycles. The van der Waals surface area contributed by atoms with Gasteiger partial charge in [-0.3, -0.25) is 5.41 Å². The van der Waals surface area contributed by atoms with E-state index in [0.29, 0.717) is 0 Å². The van der Waals surface area contributed by atoms with Gasteiger partial charge in [0.05, 0.1) is 6.04 Å². The van der Waals surface area contributed by atoms with E-state index in [2.05, 4.69) is 119 Å². The molecule has 0 bridgehead atoms. The first-order valence-corrected chi connectivity index (χ1v) is 10.2. The predicted octanol–water partition coefficient (Wildman–Crippen LogP) is 7.45. The molecule has 1 aromatic heterocycles. The monoisotopic (exact) mass is 404 g/mol. The topological polar surface area (TPSA) is 65.0 Å². The van der Waals surface area contributed by atoms with Crippen LogP contribution in [0.2, 0.25) is 0 Å². The lowest BCUT2D eigenvalue weighted by Gasteiger charge is -2.22. The molecule has 4 heteroatoms. The predicted molar refractivity (Wildman–Crippen MR) is 128 cm³/mol. The number of amidine groups is 1. The molecule has 5 aromatic rings. The van der Waals surface area contributed by atoms with E-state index < -0.39 is 0 Å². The zero-order valence-corrected chi connectivity index (χ0v) is 17.4. The fourth-order valence-corrected chi connectivity index (χ4v) is 3.99. The normalized spacial score (nSPS) is 10.6. The summed E-state index contributed by atoms with van der Waals surface area (Å²) in [5.41, 5.74) is 11.2. The van der Waals surface area contributed by atoms with Crippen LogP contribution in [0.1, 0.15) is 24.1 Å². The molecule has 0 unspecified atom stereocenters. The minimum absolute atomic E-state index is 0.0463. The minimum Gasteiger partial charge on any atom is -0.329 e. The second-order valence-electron chi connectivity index (χ2n) is 7.33. The first-order valence-electron chi connectivity index (χ1n) is 10.2. The van der Waals surface area contributed by atoms with Crippen LogP contribution in [-0.4, -0.2) is 10.4 Å². The van der Waals surface area contributed by atoms with Crippen LogP contribution < -0.4 is 0 Å². The molecule has 5 rings (SSSR count). The Bertz CT molecular complexity index is 1230. The summed E-state index contributed by atoms with van der Waals surface area (Å²) in [6.45, 7) is 1.45. The zero-order valence-electron chi connectivity index (χ0n) is 17.4. The van der Waals surface area contributed by atoms with Crippen LogP contribution in [0.25, 0.3) is 21.8 Å². The summed E-state index contributed by atoms with van der Waals surface area (Å²) in [6, 6.07) is 39.1. The van der Waals surface area contributed by atoms with Crippen molar-refractivity contribution in [2.75, 3.05) is 0 Å². The number of para-hydroxylation sites is 2. The molecule has 0 aliphatic heterocycles. The van der Waals surface area contributed by atoms with Crippen molar-refractivity contribution in [1.29, 1.82) is 10.9 Å². The Hall–Kier alpha value is -4.05. The molecule has 152 valence electrons. The largest absolute Gasteiger partial charge is 0.329 e. The van der Waals surface area contributed by atoms with E-state index in [-0.39, 0.29) is 11.9 Å². The van der Waals surface area contributed by atoms with Crippen LogP contribution in [0.4, 0.5) is 0 Å². The molecule has 4 nitrogen and oxygen atoms in total. The van der Waals surface area contributed by atoms with Crippen molar-refractivity contribution in [3.8, 4) is 0 Å². The third kappa shape index (κ3) is 4.14. The zero-order chi connectivity index (χ0) is 21.6. The van der Waals surface area contributed by atoms with Crippen LogP contribution in [0.3, 0.4) is 0 Å². The molecule has 4 aromatic carbocycles. The first-order chi connectivity index (χ1) is 15.2. The molecule has 0 fully saturated rings. The average molecular weight is 405 g/mol. The van der Waals surface area contributed by atoms with E-state index in [4.69, 9.17) is 10.9 Å². The quantitative estimate of drug-likeness (QED) is 0.178. The summed E-state index contributed by atoms with van der Waals surface area (Å²) in [6.07, 6.45) is 0. The number of aromatic nitrogens is 1. The molecular formula is C27H24N4. The molecule has 1 heterocycles. The average Bonchev–Trinajstić information content (AvgIpc) is 3.16. The van der Waals surface area contributed by atoms with Gasteiger partial charge in [-0.15, -0.1) is 5.11 Å². The molecule has 2 N–H and O–H groups in total.